The maximum atomic E-state index is 12.4. The number of carbonyl (C=O) groups is 1. The van der Waals surface area contributed by atoms with Gasteiger partial charge < -0.3 is 10.2 Å². The minimum absolute atomic E-state index is 0.262. The highest BCUT2D eigenvalue weighted by atomic mass is 16.2. The van der Waals surface area contributed by atoms with E-state index in [1.807, 2.05) is 4.90 Å². The van der Waals surface area contributed by atoms with Crippen LogP contribution >= 0.6 is 0 Å². The zero-order valence-corrected chi connectivity index (χ0v) is 12.5. The van der Waals surface area contributed by atoms with Crippen molar-refractivity contribution in [3.8, 4) is 0 Å². The van der Waals surface area contributed by atoms with Crippen molar-refractivity contribution in [2.24, 2.45) is 0 Å². The number of benzene rings is 1. The van der Waals surface area contributed by atoms with Crippen LogP contribution in [0.4, 0.5) is 0 Å². The van der Waals surface area contributed by atoms with Crippen molar-refractivity contribution < 1.29 is 4.79 Å². The Morgan fingerprint density at radius 3 is 2.16 bits per heavy atom. The fraction of sp³-hybridized carbons (Fsp3) is 0.562. The van der Waals surface area contributed by atoms with Gasteiger partial charge in [0.2, 0.25) is 5.91 Å². The van der Waals surface area contributed by atoms with Gasteiger partial charge in [0.05, 0.1) is 6.42 Å². The number of aryl methyl sites for hydroxylation is 2. The SMILES string of the molecule is Cc1cc(C)c(C)c(CC(=O)N2CCNCC2)c1C. The lowest BCUT2D eigenvalue weighted by molar-refractivity contribution is -0.131. The summed E-state index contributed by atoms with van der Waals surface area (Å²) < 4.78 is 0. The molecule has 0 radical (unpaired) electrons. The summed E-state index contributed by atoms with van der Waals surface area (Å²) in [7, 11) is 0. The van der Waals surface area contributed by atoms with E-state index in [1.54, 1.807) is 0 Å². The van der Waals surface area contributed by atoms with Crippen LogP contribution in [0.1, 0.15) is 27.8 Å². The molecular weight excluding hydrogens is 236 g/mol. The van der Waals surface area contributed by atoms with Gasteiger partial charge >= 0.3 is 0 Å². The first kappa shape index (κ1) is 14.1. The van der Waals surface area contributed by atoms with Crippen molar-refractivity contribution in [3.63, 3.8) is 0 Å². The van der Waals surface area contributed by atoms with Crippen molar-refractivity contribution in [2.75, 3.05) is 26.2 Å². The number of nitrogens with zero attached hydrogens (tertiary/aromatic N) is 1. The van der Waals surface area contributed by atoms with Gasteiger partial charge in [0, 0.05) is 26.2 Å². The monoisotopic (exact) mass is 260 g/mol. The van der Waals surface area contributed by atoms with E-state index >= 15 is 0 Å². The second-order valence-corrected chi connectivity index (χ2v) is 5.55. The Morgan fingerprint density at radius 1 is 1.11 bits per heavy atom. The van der Waals surface area contributed by atoms with Crippen molar-refractivity contribution in [2.45, 2.75) is 34.1 Å². The fourth-order valence-corrected chi connectivity index (χ4v) is 2.74. The third-order valence-electron chi connectivity index (χ3n) is 4.32. The second-order valence-electron chi connectivity index (χ2n) is 5.55. The number of hydrogen-bond acceptors (Lipinski definition) is 2. The van der Waals surface area contributed by atoms with Gasteiger partial charge in [-0.1, -0.05) is 6.07 Å². The molecule has 2 rings (SSSR count). The van der Waals surface area contributed by atoms with Gasteiger partial charge in [-0.25, -0.2) is 0 Å². The van der Waals surface area contributed by atoms with Crippen LogP contribution in [-0.4, -0.2) is 37.0 Å². The minimum atomic E-state index is 0.262. The molecule has 0 saturated carbocycles. The summed E-state index contributed by atoms with van der Waals surface area (Å²) >= 11 is 0. The number of carbonyl (C=O) groups excluding carboxylic acids is 1. The van der Waals surface area contributed by atoms with E-state index in [1.165, 1.54) is 27.8 Å². The van der Waals surface area contributed by atoms with Crippen molar-refractivity contribution in [1.29, 1.82) is 0 Å². The summed E-state index contributed by atoms with van der Waals surface area (Å²) in [6.45, 7) is 12.0. The molecule has 1 aromatic rings. The first-order valence-corrected chi connectivity index (χ1v) is 7.05. The highest BCUT2D eigenvalue weighted by Crippen LogP contribution is 2.22. The topological polar surface area (TPSA) is 32.3 Å². The van der Waals surface area contributed by atoms with Gasteiger partial charge in [-0.2, -0.15) is 0 Å². The van der Waals surface area contributed by atoms with Gasteiger partial charge in [-0.05, 0) is 55.5 Å². The second kappa shape index (κ2) is 5.74. The molecule has 1 aliphatic heterocycles. The van der Waals surface area contributed by atoms with Gasteiger partial charge in [0.1, 0.15) is 0 Å². The van der Waals surface area contributed by atoms with Crippen LogP contribution in [-0.2, 0) is 11.2 Å². The van der Waals surface area contributed by atoms with E-state index in [2.05, 4.69) is 39.1 Å². The van der Waals surface area contributed by atoms with Crippen molar-refractivity contribution >= 4 is 5.91 Å². The molecule has 1 fully saturated rings. The Labute approximate surface area is 116 Å². The van der Waals surface area contributed by atoms with Crippen LogP contribution in [0.15, 0.2) is 6.07 Å². The molecule has 104 valence electrons. The predicted octanol–water partition coefficient (Wildman–Crippen LogP) is 1.89. The molecule has 0 atom stereocenters. The normalized spacial score (nSPS) is 15.7. The van der Waals surface area contributed by atoms with Crippen LogP contribution in [0.2, 0.25) is 0 Å². The van der Waals surface area contributed by atoms with Crippen LogP contribution in [0, 0.1) is 27.7 Å². The van der Waals surface area contributed by atoms with Crippen LogP contribution in [0.25, 0.3) is 0 Å². The molecule has 1 saturated heterocycles. The summed E-state index contributed by atoms with van der Waals surface area (Å²) in [6.07, 6.45) is 0.542. The summed E-state index contributed by atoms with van der Waals surface area (Å²) in [5.41, 5.74) is 6.33. The zero-order chi connectivity index (χ0) is 14.0. The van der Waals surface area contributed by atoms with Gasteiger partial charge in [-0.3, -0.25) is 4.79 Å². The third kappa shape index (κ3) is 2.98. The molecule has 1 heterocycles. The molecule has 0 unspecified atom stereocenters. The minimum Gasteiger partial charge on any atom is -0.340 e. The lowest BCUT2D eigenvalue weighted by Gasteiger charge is -2.28. The standard InChI is InChI=1S/C16H24N2O/c1-11-9-12(2)14(4)15(13(11)3)10-16(19)18-7-5-17-6-8-18/h9,17H,5-8,10H2,1-4H3. The maximum absolute atomic E-state index is 12.4. The molecule has 3 heteroatoms. The number of rotatable bonds is 2. The number of amides is 1. The predicted molar refractivity (Wildman–Crippen MR) is 78.5 cm³/mol. The average molecular weight is 260 g/mol. The lowest BCUT2D eigenvalue weighted by Crippen LogP contribution is -2.47. The molecule has 0 bridgehead atoms. The Bertz CT molecular complexity index is 462. The van der Waals surface area contributed by atoms with Crippen molar-refractivity contribution in [3.05, 3.63) is 33.9 Å². The van der Waals surface area contributed by atoms with Crippen molar-refractivity contribution in [1.82, 2.24) is 10.2 Å². The highest BCUT2D eigenvalue weighted by Gasteiger charge is 2.19. The number of nitrogens with one attached hydrogen (secondary N) is 1. The Morgan fingerprint density at radius 2 is 1.63 bits per heavy atom. The Kier molecular flexibility index (Phi) is 4.25. The summed E-state index contributed by atoms with van der Waals surface area (Å²) in [5.74, 6) is 0.262. The van der Waals surface area contributed by atoms with E-state index in [-0.39, 0.29) is 5.91 Å². The maximum Gasteiger partial charge on any atom is 0.227 e. The van der Waals surface area contributed by atoms with Crippen LogP contribution < -0.4 is 5.32 Å². The molecule has 1 N–H and O–H groups in total. The summed E-state index contributed by atoms with van der Waals surface area (Å²) in [6, 6.07) is 2.21. The van der Waals surface area contributed by atoms with Crippen LogP contribution in [0.5, 0.6) is 0 Å². The highest BCUT2D eigenvalue weighted by molar-refractivity contribution is 5.80. The van der Waals surface area contributed by atoms with E-state index in [0.717, 1.165) is 26.2 Å². The first-order chi connectivity index (χ1) is 9.00. The van der Waals surface area contributed by atoms with Gasteiger partial charge in [0.15, 0.2) is 0 Å². The van der Waals surface area contributed by atoms with Crippen LogP contribution in [0.3, 0.4) is 0 Å². The molecule has 1 aliphatic rings. The smallest absolute Gasteiger partial charge is 0.227 e. The van der Waals surface area contributed by atoms with Gasteiger partial charge in [0.25, 0.3) is 0 Å². The third-order valence-corrected chi connectivity index (χ3v) is 4.32. The molecule has 0 spiro atoms. The molecule has 1 amide bonds. The average Bonchev–Trinajstić information content (AvgIpc) is 2.42. The fourth-order valence-electron chi connectivity index (χ4n) is 2.74. The zero-order valence-electron chi connectivity index (χ0n) is 12.5. The quantitative estimate of drug-likeness (QED) is 0.881. The van der Waals surface area contributed by atoms with E-state index in [0.29, 0.717) is 6.42 Å². The Balaban J connectivity index is 2.20. The van der Waals surface area contributed by atoms with E-state index in [4.69, 9.17) is 0 Å². The van der Waals surface area contributed by atoms with E-state index < -0.39 is 0 Å². The molecule has 1 aromatic carbocycles. The van der Waals surface area contributed by atoms with Gasteiger partial charge in [-0.15, -0.1) is 0 Å². The first-order valence-electron chi connectivity index (χ1n) is 7.05. The Hall–Kier alpha value is -1.35. The number of piperazine rings is 1. The summed E-state index contributed by atoms with van der Waals surface area (Å²) in [4.78, 5) is 14.4. The summed E-state index contributed by atoms with van der Waals surface area (Å²) in [5, 5.41) is 3.28. The molecule has 19 heavy (non-hydrogen) atoms. The molecule has 0 aliphatic carbocycles. The molecule has 3 nitrogen and oxygen atoms in total. The number of hydrogen-bond donors (Lipinski definition) is 1. The lowest BCUT2D eigenvalue weighted by atomic mass is 9.92. The molecule has 0 aromatic heterocycles. The largest absolute Gasteiger partial charge is 0.340 e. The van der Waals surface area contributed by atoms with E-state index in [9.17, 15) is 4.79 Å². The molecular formula is C16H24N2O.